The molecule has 1 N–H and O–H groups in total. The standard InChI is InChI=1S/C12H19NO2/c14-11-12(15)6-2-1-4-9(12)8-10-5-3-7-13(10)11/h9-10,15H,1-8H2/t9-,10?,12+/m0/s1. The Morgan fingerprint density at radius 2 is 2.13 bits per heavy atom. The van der Waals surface area contributed by atoms with Gasteiger partial charge in [-0.3, -0.25) is 4.79 Å². The molecule has 2 aliphatic heterocycles. The highest BCUT2D eigenvalue weighted by Gasteiger charge is 2.53. The van der Waals surface area contributed by atoms with Crippen LogP contribution in [0.15, 0.2) is 0 Å². The molecule has 1 amide bonds. The fourth-order valence-corrected chi connectivity index (χ4v) is 3.75. The van der Waals surface area contributed by atoms with Gasteiger partial charge in [0, 0.05) is 12.6 Å². The normalized spacial score (nSPS) is 45.1. The number of piperidine rings is 1. The highest BCUT2D eigenvalue weighted by molar-refractivity contribution is 5.87. The fraction of sp³-hybridized carbons (Fsp3) is 0.917. The minimum Gasteiger partial charge on any atom is -0.380 e. The summed E-state index contributed by atoms with van der Waals surface area (Å²) in [6.45, 7) is 0.874. The molecule has 2 heterocycles. The van der Waals surface area contributed by atoms with Crippen molar-refractivity contribution in [3.63, 3.8) is 0 Å². The molecule has 2 saturated heterocycles. The minimum atomic E-state index is -0.987. The zero-order chi connectivity index (χ0) is 10.5. The topological polar surface area (TPSA) is 40.5 Å². The van der Waals surface area contributed by atoms with Crippen molar-refractivity contribution in [3.05, 3.63) is 0 Å². The van der Waals surface area contributed by atoms with E-state index in [1.165, 1.54) is 6.42 Å². The lowest BCUT2D eigenvalue weighted by molar-refractivity contribution is -0.172. The Labute approximate surface area is 90.5 Å². The summed E-state index contributed by atoms with van der Waals surface area (Å²) in [6.07, 6.45) is 7.26. The summed E-state index contributed by atoms with van der Waals surface area (Å²) in [6, 6.07) is 0.445. The van der Waals surface area contributed by atoms with E-state index in [1.807, 2.05) is 4.90 Å². The van der Waals surface area contributed by atoms with Crippen molar-refractivity contribution in [1.29, 1.82) is 0 Å². The van der Waals surface area contributed by atoms with Crippen LogP contribution in [0.5, 0.6) is 0 Å². The van der Waals surface area contributed by atoms with Crippen molar-refractivity contribution in [2.45, 2.75) is 56.6 Å². The monoisotopic (exact) mass is 209 g/mol. The number of hydrogen-bond acceptors (Lipinski definition) is 2. The number of carbonyl (C=O) groups is 1. The maximum Gasteiger partial charge on any atom is 0.255 e. The predicted octanol–water partition coefficient (Wildman–Crippen LogP) is 1.30. The lowest BCUT2D eigenvalue weighted by atomic mass is 9.69. The van der Waals surface area contributed by atoms with E-state index in [9.17, 15) is 9.90 Å². The summed E-state index contributed by atoms with van der Waals surface area (Å²) in [5.41, 5.74) is -0.987. The molecule has 1 saturated carbocycles. The molecule has 0 aromatic heterocycles. The van der Waals surface area contributed by atoms with Crippen LogP contribution < -0.4 is 0 Å². The lowest BCUT2D eigenvalue weighted by Crippen LogP contribution is -2.61. The van der Waals surface area contributed by atoms with Gasteiger partial charge in [0.1, 0.15) is 5.60 Å². The molecule has 3 fully saturated rings. The first kappa shape index (κ1) is 9.64. The molecular weight excluding hydrogens is 190 g/mol. The van der Waals surface area contributed by atoms with Gasteiger partial charge in [0.15, 0.2) is 0 Å². The summed E-state index contributed by atoms with van der Waals surface area (Å²) in [5.74, 6) is 0.291. The molecule has 0 bridgehead atoms. The summed E-state index contributed by atoms with van der Waals surface area (Å²) in [5, 5.41) is 10.5. The minimum absolute atomic E-state index is 0.0425. The van der Waals surface area contributed by atoms with Gasteiger partial charge in [0.25, 0.3) is 5.91 Å². The summed E-state index contributed by atoms with van der Waals surface area (Å²) >= 11 is 0. The zero-order valence-corrected chi connectivity index (χ0v) is 9.11. The van der Waals surface area contributed by atoms with Crippen molar-refractivity contribution in [2.24, 2.45) is 5.92 Å². The summed E-state index contributed by atoms with van der Waals surface area (Å²) in [7, 11) is 0. The average Bonchev–Trinajstić information content (AvgIpc) is 2.68. The Morgan fingerprint density at radius 1 is 1.27 bits per heavy atom. The van der Waals surface area contributed by atoms with Crippen molar-refractivity contribution in [1.82, 2.24) is 4.90 Å². The van der Waals surface area contributed by atoms with Crippen LogP contribution in [0.25, 0.3) is 0 Å². The van der Waals surface area contributed by atoms with Crippen molar-refractivity contribution >= 4 is 5.91 Å². The van der Waals surface area contributed by atoms with E-state index in [1.54, 1.807) is 0 Å². The van der Waals surface area contributed by atoms with E-state index < -0.39 is 5.60 Å². The smallest absolute Gasteiger partial charge is 0.255 e. The highest BCUT2D eigenvalue weighted by Crippen LogP contribution is 2.44. The first-order chi connectivity index (χ1) is 7.22. The van der Waals surface area contributed by atoms with Crippen LogP contribution in [-0.4, -0.2) is 34.1 Å². The molecule has 3 atom stereocenters. The van der Waals surface area contributed by atoms with Crippen LogP contribution in [0.3, 0.4) is 0 Å². The second-order valence-electron chi connectivity index (χ2n) is 5.40. The number of amides is 1. The third-order valence-corrected chi connectivity index (χ3v) is 4.60. The van der Waals surface area contributed by atoms with Crippen LogP contribution in [0.4, 0.5) is 0 Å². The number of hydrogen-bond donors (Lipinski definition) is 1. The van der Waals surface area contributed by atoms with Crippen LogP contribution in [0.1, 0.15) is 44.9 Å². The van der Waals surface area contributed by atoms with Gasteiger partial charge in [-0.1, -0.05) is 12.8 Å². The van der Waals surface area contributed by atoms with Crippen molar-refractivity contribution in [2.75, 3.05) is 6.54 Å². The molecule has 0 spiro atoms. The summed E-state index contributed by atoms with van der Waals surface area (Å²) in [4.78, 5) is 14.2. The number of rotatable bonds is 0. The zero-order valence-electron chi connectivity index (χ0n) is 9.11. The number of aliphatic hydroxyl groups is 1. The van der Waals surface area contributed by atoms with Gasteiger partial charge < -0.3 is 10.0 Å². The summed E-state index contributed by atoms with van der Waals surface area (Å²) < 4.78 is 0. The first-order valence-corrected chi connectivity index (χ1v) is 6.25. The Hall–Kier alpha value is -0.570. The van der Waals surface area contributed by atoms with Gasteiger partial charge in [-0.05, 0) is 38.0 Å². The molecule has 3 nitrogen and oxygen atoms in total. The van der Waals surface area contributed by atoms with Gasteiger partial charge in [0.05, 0.1) is 0 Å². The Bertz CT molecular complexity index is 291. The molecule has 3 rings (SSSR count). The maximum atomic E-state index is 12.2. The molecule has 84 valence electrons. The molecule has 1 aliphatic carbocycles. The van der Waals surface area contributed by atoms with Crippen LogP contribution in [-0.2, 0) is 4.79 Å². The number of nitrogens with zero attached hydrogens (tertiary/aromatic N) is 1. The maximum absolute atomic E-state index is 12.2. The molecular formula is C12H19NO2. The van der Waals surface area contributed by atoms with E-state index in [0.29, 0.717) is 12.5 Å². The van der Waals surface area contributed by atoms with Crippen LogP contribution in [0, 0.1) is 5.92 Å². The highest BCUT2D eigenvalue weighted by atomic mass is 16.3. The largest absolute Gasteiger partial charge is 0.380 e. The van der Waals surface area contributed by atoms with Crippen molar-refractivity contribution < 1.29 is 9.90 Å². The van der Waals surface area contributed by atoms with Crippen LogP contribution in [0.2, 0.25) is 0 Å². The quantitative estimate of drug-likeness (QED) is 0.653. The SMILES string of the molecule is O=C1N2CCCC2C[C@@H]2CCCC[C@]12O. The average molecular weight is 209 g/mol. The molecule has 0 aromatic carbocycles. The van der Waals surface area contributed by atoms with Crippen LogP contribution >= 0.6 is 0 Å². The van der Waals surface area contributed by atoms with Gasteiger partial charge in [-0.2, -0.15) is 0 Å². The molecule has 3 aliphatic rings. The van der Waals surface area contributed by atoms with E-state index in [2.05, 4.69) is 0 Å². The molecule has 3 heteroatoms. The molecule has 15 heavy (non-hydrogen) atoms. The van der Waals surface area contributed by atoms with E-state index in [0.717, 1.165) is 38.6 Å². The molecule has 1 unspecified atom stereocenters. The van der Waals surface area contributed by atoms with Gasteiger partial charge in [-0.15, -0.1) is 0 Å². The third-order valence-electron chi connectivity index (χ3n) is 4.60. The van der Waals surface area contributed by atoms with E-state index in [-0.39, 0.29) is 11.8 Å². The van der Waals surface area contributed by atoms with E-state index >= 15 is 0 Å². The first-order valence-electron chi connectivity index (χ1n) is 6.25. The van der Waals surface area contributed by atoms with Crippen molar-refractivity contribution in [3.8, 4) is 0 Å². The second-order valence-corrected chi connectivity index (χ2v) is 5.40. The molecule has 0 radical (unpaired) electrons. The fourth-order valence-electron chi connectivity index (χ4n) is 3.75. The molecule has 0 aromatic rings. The van der Waals surface area contributed by atoms with Gasteiger partial charge in [-0.25, -0.2) is 0 Å². The van der Waals surface area contributed by atoms with Gasteiger partial charge in [0.2, 0.25) is 0 Å². The Kier molecular flexibility index (Phi) is 2.06. The lowest BCUT2D eigenvalue weighted by Gasteiger charge is -2.48. The predicted molar refractivity (Wildman–Crippen MR) is 56.3 cm³/mol. The Morgan fingerprint density at radius 3 is 3.00 bits per heavy atom. The number of fused-ring (bicyclic) bond motifs is 2. The Balaban J connectivity index is 1.91. The third kappa shape index (κ3) is 1.25. The van der Waals surface area contributed by atoms with Gasteiger partial charge >= 0.3 is 0 Å². The van der Waals surface area contributed by atoms with E-state index in [4.69, 9.17) is 0 Å². The second kappa shape index (κ2) is 3.21. The number of carbonyl (C=O) groups excluding carboxylic acids is 1.